The van der Waals surface area contributed by atoms with Crippen molar-refractivity contribution in [2.24, 2.45) is 0 Å². The maximum Gasteiger partial charge on any atom is 0.259 e. The van der Waals surface area contributed by atoms with Gasteiger partial charge < -0.3 is 4.74 Å². The van der Waals surface area contributed by atoms with E-state index in [0.29, 0.717) is 11.3 Å². The van der Waals surface area contributed by atoms with Crippen molar-refractivity contribution in [2.45, 2.75) is 0 Å². The van der Waals surface area contributed by atoms with Gasteiger partial charge in [0.2, 0.25) is 0 Å². The summed E-state index contributed by atoms with van der Waals surface area (Å²) in [6.45, 7) is -0.181. The van der Waals surface area contributed by atoms with Gasteiger partial charge in [0.15, 0.2) is 11.6 Å². The van der Waals surface area contributed by atoms with E-state index in [1.165, 1.54) is 30.2 Å². The summed E-state index contributed by atoms with van der Waals surface area (Å²) < 4.78 is 20.9. The Morgan fingerprint density at radius 3 is 2.96 bits per heavy atom. The summed E-state index contributed by atoms with van der Waals surface area (Å²) in [6.07, 6.45) is 3.28. The third-order valence-electron chi connectivity index (χ3n) is 3.64. The molecular formula is C17H12BrFN4O2. The lowest BCUT2D eigenvalue weighted by molar-refractivity contribution is 0.0990. The second kappa shape index (κ2) is 6.91. The van der Waals surface area contributed by atoms with Gasteiger partial charge in [-0.3, -0.25) is 9.69 Å². The van der Waals surface area contributed by atoms with Crippen molar-refractivity contribution in [2.75, 3.05) is 18.6 Å². The van der Waals surface area contributed by atoms with Gasteiger partial charge in [0.1, 0.15) is 6.54 Å². The van der Waals surface area contributed by atoms with Crippen LogP contribution >= 0.6 is 15.9 Å². The van der Waals surface area contributed by atoms with E-state index < -0.39 is 5.82 Å². The molecule has 2 aromatic heterocycles. The van der Waals surface area contributed by atoms with E-state index in [1.54, 1.807) is 29.0 Å². The number of carbonyl (C=O) groups is 1. The Hall–Kier alpha value is -2.92. The minimum Gasteiger partial charge on any atom is -0.494 e. The number of nitrogens with zero attached hydrogens (tertiary/aromatic N) is 4. The number of halogens is 2. The van der Waals surface area contributed by atoms with E-state index in [2.05, 4.69) is 21.0 Å². The van der Waals surface area contributed by atoms with Crippen molar-refractivity contribution in [1.82, 2.24) is 9.61 Å². The van der Waals surface area contributed by atoms with Gasteiger partial charge in [-0.25, -0.2) is 8.91 Å². The number of pyridine rings is 1. The fourth-order valence-electron chi connectivity index (χ4n) is 2.41. The van der Waals surface area contributed by atoms with Crippen molar-refractivity contribution in [1.29, 1.82) is 5.26 Å². The number of amides is 1. The molecule has 1 aromatic carbocycles. The second-order valence-corrected chi connectivity index (χ2v) is 5.96. The van der Waals surface area contributed by atoms with E-state index in [1.807, 2.05) is 6.07 Å². The zero-order valence-corrected chi connectivity index (χ0v) is 14.7. The highest BCUT2D eigenvalue weighted by molar-refractivity contribution is 9.10. The summed E-state index contributed by atoms with van der Waals surface area (Å²) in [5, 5.41) is 13.2. The lowest BCUT2D eigenvalue weighted by atomic mass is 10.2. The minimum absolute atomic E-state index is 0.00206. The van der Waals surface area contributed by atoms with Gasteiger partial charge in [-0.15, -0.1) is 0 Å². The van der Waals surface area contributed by atoms with Gasteiger partial charge in [-0.2, -0.15) is 10.4 Å². The molecule has 0 atom stereocenters. The Bertz CT molecular complexity index is 996. The van der Waals surface area contributed by atoms with Gasteiger partial charge in [0, 0.05) is 23.5 Å². The first-order valence-electron chi connectivity index (χ1n) is 7.20. The first kappa shape index (κ1) is 16.9. The van der Waals surface area contributed by atoms with Crippen LogP contribution in [0.1, 0.15) is 10.4 Å². The van der Waals surface area contributed by atoms with E-state index in [0.717, 1.165) is 9.99 Å². The molecule has 0 radical (unpaired) electrons. The molecule has 0 saturated carbocycles. The number of anilines is 1. The number of methoxy groups -OCH3 is 1. The number of fused-ring (bicyclic) bond motifs is 1. The van der Waals surface area contributed by atoms with E-state index in [9.17, 15) is 9.18 Å². The molecule has 6 nitrogen and oxygen atoms in total. The zero-order valence-electron chi connectivity index (χ0n) is 13.1. The van der Waals surface area contributed by atoms with Crippen LogP contribution in [0.25, 0.3) is 5.52 Å². The van der Waals surface area contributed by atoms with E-state index in [4.69, 9.17) is 10.00 Å². The van der Waals surface area contributed by atoms with Crippen LogP contribution in [0, 0.1) is 17.1 Å². The fourth-order valence-corrected chi connectivity index (χ4v) is 2.79. The summed E-state index contributed by atoms with van der Waals surface area (Å²) in [6, 6.07) is 9.25. The smallest absolute Gasteiger partial charge is 0.259 e. The normalized spacial score (nSPS) is 10.5. The maximum atomic E-state index is 13.6. The molecule has 0 bridgehead atoms. The van der Waals surface area contributed by atoms with Gasteiger partial charge in [0.25, 0.3) is 5.91 Å². The van der Waals surface area contributed by atoms with Crippen molar-refractivity contribution in [3.05, 3.63) is 58.6 Å². The fraction of sp³-hybridized carbons (Fsp3) is 0.118. The molecule has 0 spiro atoms. The topological polar surface area (TPSA) is 70.6 Å². The van der Waals surface area contributed by atoms with E-state index >= 15 is 0 Å². The van der Waals surface area contributed by atoms with Crippen LogP contribution in [0.2, 0.25) is 0 Å². The number of ether oxygens (including phenoxy) is 1. The van der Waals surface area contributed by atoms with E-state index in [-0.39, 0.29) is 18.2 Å². The molecule has 0 aliphatic carbocycles. The molecule has 0 N–H and O–H groups in total. The molecule has 3 rings (SSSR count). The number of benzene rings is 1. The highest BCUT2D eigenvalue weighted by Gasteiger charge is 2.20. The molecule has 0 saturated heterocycles. The highest BCUT2D eigenvalue weighted by Crippen LogP contribution is 2.26. The molecular weight excluding hydrogens is 391 g/mol. The standard InChI is InChI=1S/C17H12BrFN4O2/c1-25-16-9-12(2-3-14(16)19)22(7-5-20)17(24)11-4-6-23-15(8-11)13(18)10-21-23/h2-4,6,8-10H,7H2,1H3. The Labute approximate surface area is 151 Å². The first-order chi connectivity index (χ1) is 12.0. The van der Waals surface area contributed by atoms with Gasteiger partial charge in [-0.1, -0.05) is 0 Å². The number of hydrogen-bond acceptors (Lipinski definition) is 4. The Balaban J connectivity index is 2.03. The van der Waals surface area contributed by atoms with Gasteiger partial charge >= 0.3 is 0 Å². The zero-order chi connectivity index (χ0) is 18.0. The third-order valence-corrected chi connectivity index (χ3v) is 4.25. The summed E-state index contributed by atoms with van der Waals surface area (Å²) in [5.41, 5.74) is 1.48. The van der Waals surface area contributed by atoms with Crippen molar-refractivity contribution < 1.29 is 13.9 Å². The summed E-state index contributed by atoms with van der Waals surface area (Å²) in [7, 11) is 1.34. The lowest BCUT2D eigenvalue weighted by Crippen LogP contribution is -2.31. The largest absolute Gasteiger partial charge is 0.494 e. The molecule has 25 heavy (non-hydrogen) atoms. The summed E-state index contributed by atoms with van der Waals surface area (Å²) in [5.74, 6) is -0.923. The summed E-state index contributed by atoms with van der Waals surface area (Å²) >= 11 is 3.37. The lowest BCUT2D eigenvalue weighted by Gasteiger charge is -2.20. The number of nitriles is 1. The average molecular weight is 403 g/mol. The summed E-state index contributed by atoms with van der Waals surface area (Å²) in [4.78, 5) is 14.2. The number of carbonyl (C=O) groups excluding carboxylic acids is 1. The Kier molecular flexibility index (Phi) is 4.67. The Morgan fingerprint density at radius 1 is 1.44 bits per heavy atom. The number of aromatic nitrogens is 2. The van der Waals surface area contributed by atoms with Gasteiger partial charge in [0.05, 0.1) is 29.4 Å². The predicted molar refractivity (Wildman–Crippen MR) is 93.1 cm³/mol. The molecule has 1 amide bonds. The average Bonchev–Trinajstić information content (AvgIpc) is 3.00. The van der Waals surface area contributed by atoms with Crippen LogP contribution in [-0.2, 0) is 0 Å². The van der Waals surface area contributed by atoms with Crippen LogP contribution in [-0.4, -0.2) is 29.2 Å². The van der Waals surface area contributed by atoms with Crippen molar-refractivity contribution in [3.8, 4) is 11.8 Å². The maximum absolute atomic E-state index is 13.6. The molecule has 0 aliphatic heterocycles. The number of rotatable bonds is 4. The molecule has 8 heteroatoms. The quantitative estimate of drug-likeness (QED) is 0.626. The monoisotopic (exact) mass is 402 g/mol. The Morgan fingerprint density at radius 2 is 2.24 bits per heavy atom. The van der Waals surface area contributed by atoms with Crippen LogP contribution in [0.15, 0.2) is 47.2 Å². The first-order valence-corrected chi connectivity index (χ1v) is 7.99. The number of hydrogen-bond donors (Lipinski definition) is 0. The minimum atomic E-state index is -0.541. The molecule has 126 valence electrons. The van der Waals surface area contributed by atoms with Crippen LogP contribution in [0.3, 0.4) is 0 Å². The van der Waals surface area contributed by atoms with Crippen LogP contribution < -0.4 is 9.64 Å². The molecule has 0 fully saturated rings. The third kappa shape index (κ3) is 3.19. The highest BCUT2D eigenvalue weighted by atomic mass is 79.9. The van der Waals surface area contributed by atoms with Crippen molar-refractivity contribution >= 4 is 33.0 Å². The predicted octanol–water partition coefficient (Wildman–Crippen LogP) is 3.41. The molecule has 0 aliphatic rings. The molecule has 0 unspecified atom stereocenters. The SMILES string of the molecule is COc1cc(N(CC#N)C(=O)c2ccn3ncc(Br)c3c2)ccc1F. The van der Waals surface area contributed by atoms with Crippen molar-refractivity contribution in [3.63, 3.8) is 0 Å². The van der Waals surface area contributed by atoms with Gasteiger partial charge in [-0.05, 0) is 40.2 Å². The van der Waals surface area contributed by atoms with Crippen LogP contribution in [0.5, 0.6) is 5.75 Å². The molecule has 2 heterocycles. The molecule has 3 aromatic rings. The second-order valence-electron chi connectivity index (χ2n) is 5.11. The van der Waals surface area contributed by atoms with Crippen LogP contribution in [0.4, 0.5) is 10.1 Å².